The summed E-state index contributed by atoms with van der Waals surface area (Å²) >= 11 is 0. The molecule has 60 valence electrons. The Kier molecular flexibility index (Phi) is 3.20. The number of hydrogen-bond donors (Lipinski definition) is 1. The van der Waals surface area contributed by atoms with Gasteiger partial charge in [-0.25, -0.2) is 0 Å². The van der Waals surface area contributed by atoms with E-state index in [9.17, 15) is 5.11 Å². The number of hydrogen-bond acceptors (Lipinski definition) is 1. The average Bonchev–Trinajstić information content (AvgIpc) is 1.80. The molecule has 1 atom stereocenters. The largest absolute Gasteiger partial charge is 0.393 e. The summed E-state index contributed by atoms with van der Waals surface area (Å²) in [5.41, 5.74) is 0. The summed E-state index contributed by atoms with van der Waals surface area (Å²) in [5.74, 6) is 0.863. The Morgan fingerprint density at radius 1 is 1.50 bits per heavy atom. The van der Waals surface area contributed by atoms with E-state index in [4.69, 9.17) is 0 Å². The molecule has 0 aliphatic heterocycles. The fourth-order valence-electron chi connectivity index (χ4n) is 1.56. The first-order valence-electron chi connectivity index (χ1n) is 4.51. The summed E-state index contributed by atoms with van der Waals surface area (Å²) in [6.07, 6.45) is 7.29. The molecule has 1 unspecified atom stereocenters. The molecule has 0 radical (unpaired) electrons. The SMILES string of the molecule is CCCC(O)CC1CCC1. The van der Waals surface area contributed by atoms with E-state index in [1.54, 1.807) is 0 Å². The van der Waals surface area contributed by atoms with Crippen molar-refractivity contribution in [2.45, 2.75) is 51.6 Å². The van der Waals surface area contributed by atoms with Crippen LogP contribution in [0.1, 0.15) is 45.4 Å². The highest BCUT2D eigenvalue weighted by Gasteiger charge is 2.19. The van der Waals surface area contributed by atoms with Gasteiger partial charge in [0.1, 0.15) is 0 Å². The number of rotatable bonds is 4. The van der Waals surface area contributed by atoms with Crippen LogP contribution in [0.25, 0.3) is 0 Å². The molecule has 0 aromatic carbocycles. The maximum absolute atomic E-state index is 9.38. The van der Waals surface area contributed by atoms with Gasteiger partial charge >= 0.3 is 0 Å². The molecule has 10 heavy (non-hydrogen) atoms. The lowest BCUT2D eigenvalue weighted by atomic mass is 9.81. The van der Waals surface area contributed by atoms with Crippen molar-refractivity contribution in [1.82, 2.24) is 0 Å². The van der Waals surface area contributed by atoms with Crippen molar-refractivity contribution in [3.05, 3.63) is 0 Å². The summed E-state index contributed by atoms with van der Waals surface area (Å²) in [6.45, 7) is 2.13. The fourth-order valence-corrected chi connectivity index (χ4v) is 1.56. The van der Waals surface area contributed by atoms with E-state index in [0.29, 0.717) is 0 Å². The highest BCUT2D eigenvalue weighted by Crippen LogP contribution is 2.31. The summed E-state index contributed by atoms with van der Waals surface area (Å²) in [5, 5.41) is 9.38. The lowest BCUT2D eigenvalue weighted by Crippen LogP contribution is -2.18. The van der Waals surface area contributed by atoms with Crippen molar-refractivity contribution in [2.24, 2.45) is 5.92 Å². The topological polar surface area (TPSA) is 20.2 Å². The van der Waals surface area contributed by atoms with Crippen molar-refractivity contribution in [1.29, 1.82) is 0 Å². The van der Waals surface area contributed by atoms with E-state index >= 15 is 0 Å². The van der Waals surface area contributed by atoms with Gasteiger partial charge in [0.05, 0.1) is 6.10 Å². The molecule has 1 fully saturated rings. The lowest BCUT2D eigenvalue weighted by molar-refractivity contribution is 0.109. The van der Waals surface area contributed by atoms with Gasteiger partial charge in [0.2, 0.25) is 0 Å². The molecule has 0 aromatic heterocycles. The van der Waals surface area contributed by atoms with E-state index in [1.165, 1.54) is 19.3 Å². The Morgan fingerprint density at radius 2 is 2.20 bits per heavy atom. The third-order valence-electron chi connectivity index (χ3n) is 2.45. The zero-order valence-corrected chi connectivity index (χ0v) is 6.84. The van der Waals surface area contributed by atoms with Crippen LogP contribution in [-0.2, 0) is 0 Å². The second-order valence-corrected chi connectivity index (χ2v) is 3.48. The first-order chi connectivity index (χ1) is 4.83. The smallest absolute Gasteiger partial charge is 0.0542 e. The number of aliphatic hydroxyl groups excluding tert-OH is 1. The summed E-state index contributed by atoms with van der Waals surface area (Å²) in [7, 11) is 0. The monoisotopic (exact) mass is 142 g/mol. The number of aliphatic hydroxyl groups is 1. The van der Waals surface area contributed by atoms with Crippen molar-refractivity contribution < 1.29 is 5.11 Å². The van der Waals surface area contributed by atoms with Gasteiger partial charge in [-0.15, -0.1) is 0 Å². The van der Waals surface area contributed by atoms with Gasteiger partial charge in [0.15, 0.2) is 0 Å². The maximum atomic E-state index is 9.38. The third-order valence-corrected chi connectivity index (χ3v) is 2.45. The van der Waals surface area contributed by atoms with Crippen molar-refractivity contribution in [3.63, 3.8) is 0 Å². The highest BCUT2D eigenvalue weighted by atomic mass is 16.3. The summed E-state index contributed by atoms with van der Waals surface area (Å²) in [6, 6.07) is 0. The van der Waals surface area contributed by atoms with Crippen LogP contribution in [0.2, 0.25) is 0 Å². The molecule has 1 saturated carbocycles. The van der Waals surface area contributed by atoms with Crippen molar-refractivity contribution in [3.8, 4) is 0 Å². The molecule has 0 bridgehead atoms. The van der Waals surface area contributed by atoms with Crippen LogP contribution in [0.4, 0.5) is 0 Å². The van der Waals surface area contributed by atoms with Crippen molar-refractivity contribution >= 4 is 0 Å². The highest BCUT2D eigenvalue weighted by molar-refractivity contribution is 4.72. The molecule has 0 amide bonds. The van der Waals surface area contributed by atoms with E-state index in [-0.39, 0.29) is 6.10 Å². The van der Waals surface area contributed by atoms with E-state index in [0.717, 1.165) is 25.2 Å². The fraction of sp³-hybridized carbons (Fsp3) is 1.00. The zero-order valence-electron chi connectivity index (χ0n) is 6.84. The van der Waals surface area contributed by atoms with Crippen LogP contribution < -0.4 is 0 Å². The van der Waals surface area contributed by atoms with Crippen LogP contribution in [-0.4, -0.2) is 11.2 Å². The van der Waals surface area contributed by atoms with Gasteiger partial charge in [0, 0.05) is 0 Å². The van der Waals surface area contributed by atoms with Gasteiger partial charge in [0.25, 0.3) is 0 Å². The molecule has 1 aliphatic rings. The summed E-state index contributed by atoms with van der Waals surface area (Å²) < 4.78 is 0. The Morgan fingerprint density at radius 3 is 2.60 bits per heavy atom. The van der Waals surface area contributed by atoms with E-state index < -0.39 is 0 Å². The molecular formula is C9H18O. The minimum atomic E-state index is -0.00435. The van der Waals surface area contributed by atoms with Crippen molar-refractivity contribution in [2.75, 3.05) is 0 Å². The minimum Gasteiger partial charge on any atom is -0.393 e. The zero-order chi connectivity index (χ0) is 7.40. The summed E-state index contributed by atoms with van der Waals surface area (Å²) in [4.78, 5) is 0. The Hall–Kier alpha value is -0.0400. The molecule has 0 aromatic rings. The first-order valence-corrected chi connectivity index (χ1v) is 4.51. The Bertz CT molecular complexity index is 86.7. The molecule has 1 nitrogen and oxygen atoms in total. The second kappa shape index (κ2) is 3.97. The molecule has 0 spiro atoms. The average molecular weight is 142 g/mol. The van der Waals surface area contributed by atoms with Gasteiger partial charge < -0.3 is 5.11 Å². The molecule has 1 rings (SSSR count). The first kappa shape index (κ1) is 8.06. The van der Waals surface area contributed by atoms with Crippen LogP contribution >= 0.6 is 0 Å². The van der Waals surface area contributed by atoms with Crippen LogP contribution in [0.3, 0.4) is 0 Å². The van der Waals surface area contributed by atoms with Gasteiger partial charge in [-0.1, -0.05) is 32.6 Å². The van der Waals surface area contributed by atoms with E-state index in [1.807, 2.05) is 0 Å². The maximum Gasteiger partial charge on any atom is 0.0542 e. The molecular weight excluding hydrogens is 124 g/mol. The quantitative estimate of drug-likeness (QED) is 0.638. The van der Waals surface area contributed by atoms with Gasteiger partial charge in [-0.2, -0.15) is 0 Å². The molecule has 1 N–H and O–H groups in total. The predicted octanol–water partition coefficient (Wildman–Crippen LogP) is 2.34. The van der Waals surface area contributed by atoms with Crippen LogP contribution in [0.5, 0.6) is 0 Å². The normalized spacial score (nSPS) is 22.2. The standard InChI is InChI=1S/C9H18O/c1-2-4-9(10)7-8-5-3-6-8/h8-10H,2-7H2,1H3. The van der Waals surface area contributed by atoms with E-state index in [2.05, 4.69) is 6.92 Å². The molecule has 0 heterocycles. The molecule has 0 saturated heterocycles. The minimum absolute atomic E-state index is 0.00435. The molecule has 1 aliphatic carbocycles. The Balaban J connectivity index is 1.99. The Labute approximate surface area is 63.4 Å². The third kappa shape index (κ3) is 2.30. The lowest BCUT2D eigenvalue weighted by Gasteiger charge is -2.27. The second-order valence-electron chi connectivity index (χ2n) is 3.48. The van der Waals surface area contributed by atoms with Gasteiger partial charge in [-0.05, 0) is 18.8 Å². The predicted molar refractivity (Wildman–Crippen MR) is 42.9 cm³/mol. The van der Waals surface area contributed by atoms with Crippen LogP contribution in [0, 0.1) is 5.92 Å². The molecule has 1 heteroatoms. The van der Waals surface area contributed by atoms with Gasteiger partial charge in [-0.3, -0.25) is 0 Å². The van der Waals surface area contributed by atoms with Crippen LogP contribution in [0.15, 0.2) is 0 Å².